The summed E-state index contributed by atoms with van der Waals surface area (Å²) in [7, 11) is 0. The summed E-state index contributed by atoms with van der Waals surface area (Å²) < 4.78 is 29.4. The molecule has 0 fully saturated rings. The van der Waals surface area contributed by atoms with E-state index in [4.69, 9.17) is 23.7 Å². The topological polar surface area (TPSA) is 123 Å². The Kier molecular flexibility index (Phi) is 27.3. The number of esters is 3. The number of aromatic nitrogens is 2. The van der Waals surface area contributed by atoms with Crippen molar-refractivity contribution >= 4 is 17.9 Å². The summed E-state index contributed by atoms with van der Waals surface area (Å²) in [5, 5.41) is 0. The second-order valence-corrected chi connectivity index (χ2v) is 19.5. The minimum Gasteiger partial charge on any atom is -0.494 e. The molecule has 394 valence electrons. The fourth-order valence-corrected chi connectivity index (χ4v) is 8.65. The predicted octanol–water partition coefficient (Wildman–Crippen LogP) is 16.9. The van der Waals surface area contributed by atoms with Gasteiger partial charge in [0.15, 0.2) is 5.82 Å². The molecule has 0 aliphatic rings. The number of aryl methyl sites for hydroxylation is 1. The molecule has 0 aliphatic heterocycles. The summed E-state index contributed by atoms with van der Waals surface area (Å²) in [6.45, 7) is 9.77. The standard InChI is InChI=1S/C63H84N2O8/c1-5-8-11-14-20-26-45-70-57-42-43-59(58(46-57)63(68)72-56-40-34-52(35-41-56)51-30-32-54(33-31-51)62(67)71-49(4)27-22-12-9-6-2)73-60(66)29-24-19-17-15-16-18-21-25-44-69-55-38-36-53(37-39-55)61-64-47-50(48-65-61)28-23-13-10-7-3/h30-43,46-49H,5-29,44-45H2,1-4H3/t49-/m1/s1. The molecular formula is C63H84N2O8. The highest BCUT2D eigenvalue weighted by atomic mass is 16.6. The lowest BCUT2D eigenvalue weighted by atomic mass is 10.0. The van der Waals surface area contributed by atoms with E-state index >= 15 is 0 Å². The highest BCUT2D eigenvalue weighted by molar-refractivity contribution is 5.95. The van der Waals surface area contributed by atoms with Crippen molar-refractivity contribution in [1.82, 2.24) is 9.97 Å². The lowest BCUT2D eigenvalue weighted by Crippen LogP contribution is -2.15. The van der Waals surface area contributed by atoms with Crippen molar-refractivity contribution in [1.29, 1.82) is 0 Å². The Bertz CT molecular complexity index is 2310. The Hall–Kier alpha value is -6.03. The molecule has 1 heterocycles. The minimum atomic E-state index is -0.649. The summed E-state index contributed by atoms with van der Waals surface area (Å²) in [6, 6.07) is 27.5. The van der Waals surface area contributed by atoms with E-state index in [1.165, 1.54) is 69.8 Å². The van der Waals surface area contributed by atoms with Crippen LogP contribution in [0.5, 0.6) is 23.0 Å². The van der Waals surface area contributed by atoms with Gasteiger partial charge >= 0.3 is 17.9 Å². The van der Waals surface area contributed by atoms with Gasteiger partial charge in [0.2, 0.25) is 0 Å². The van der Waals surface area contributed by atoms with Crippen LogP contribution in [-0.2, 0) is 16.0 Å². The number of benzene rings is 4. The third-order valence-electron chi connectivity index (χ3n) is 13.1. The molecule has 10 heteroatoms. The normalized spacial score (nSPS) is 11.5. The van der Waals surface area contributed by atoms with Gasteiger partial charge in [-0.15, -0.1) is 0 Å². The SMILES string of the molecule is CCCCCCCCOc1ccc(OC(=O)CCCCCCCCCCOc2ccc(-c3ncc(CCCCCC)cn3)cc2)c(C(=O)Oc2ccc(-c3ccc(C(=O)O[C@H](C)CCCCCC)cc3)cc2)c1. The molecule has 0 saturated carbocycles. The number of hydrogen-bond donors (Lipinski definition) is 0. The summed E-state index contributed by atoms with van der Waals surface area (Å²) in [4.78, 5) is 48.8. The van der Waals surface area contributed by atoms with E-state index in [-0.39, 0.29) is 35.8 Å². The number of unbranched alkanes of at least 4 members (excludes halogenated alkanes) is 18. The number of hydrogen-bond acceptors (Lipinski definition) is 10. The fraction of sp³-hybridized carbons (Fsp3) is 0.508. The zero-order valence-electron chi connectivity index (χ0n) is 44.6. The lowest BCUT2D eigenvalue weighted by molar-refractivity contribution is -0.134. The van der Waals surface area contributed by atoms with Crippen molar-refractivity contribution in [3.05, 3.63) is 120 Å². The van der Waals surface area contributed by atoms with Gasteiger partial charge < -0.3 is 23.7 Å². The molecule has 1 aromatic heterocycles. The number of rotatable bonds is 37. The van der Waals surface area contributed by atoms with Crippen LogP contribution in [-0.4, -0.2) is 47.2 Å². The van der Waals surface area contributed by atoms with Gasteiger partial charge in [0.1, 0.15) is 28.6 Å². The lowest BCUT2D eigenvalue weighted by Gasteiger charge is -2.14. The zero-order valence-corrected chi connectivity index (χ0v) is 44.6. The fourth-order valence-electron chi connectivity index (χ4n) is 8.65. The maximum Gasteiger partial charge on any atom is 0.347 e. The van der Waals surface area contributed by atoms with E-state index in [0.29, 0.717) is 36.7 Å². The average molecular weight is 997 g/mol. The molecule has 0 aliphatic carbocycles. The van der Waals surface area contributed by atoms with Crippen molar-refractivity contribution in [2.45, 2.75) is 194 Å². The Morgan fingerprint density at radius 1 is 0.479 bits per heavy atom. The zero-order chi connectivity index (χ0) is 51.7. The molecule has 5 rings (SSSR count). The predicted molar refractivity (Wildman–Crippen MR) is 294 cm³/mol. The molecule has 0 radical (unpaired) electrons. The van der Waals surface area contributed by atoms with Crippen LogP contribution < -0.4 is 18.9 Å². The molecule has 0 amide bonds. The van der Waals surface area contributed by atoms with Crippen LogP contribution in [0.4, 0.5) is 0 Å². The maximum absolute atomic E-state index is 13.7. The summed E-state index contributed by atoms with van der Waals surface area (Å²) in [5.41, 5.74) is 4.61. The first-order valence-electron chi connectivity index (χ1n) is 27.9. The Labute approximate surface area is 437 Å². The van der Waals surface area contributed by atoms with Gasteiger partial charge in [-0.1, -0.05) is 154 Å². The van der Waals surface area contributed by atoms with Crippen LogP contribution >= 0.6 is 0 Å². The molecule has 1 atom stereocenters. The van der Waals surface area contributed by atoms with Crippen LogP contribution in [0, 0.1) is 0 Å². The Morgan fingerprint density at radius 3 is 1.59 bits per heavy atom. The smallest absolute Gasteiger partial charge is 0.347 e. The van der Waals surface area contributed by atoms with E-state index in [0.717, 1.165) is 112 Å². The molecule has 0 saturated heterocycles. The third kappa shape index (κ3) is 22.3. The summed E-state index contributed by atoms with van der Waals surface area (Å²) in [5.74, 6) is 1.24. The van der Waals surface area contributed by atoms with Crippen LogP contribution in [0.1, 0.15) is 208 Å². The summed E-state index contributed by atoms with van der Waals surface area (Å²) in [6.07, 6.45) is 30.4. The monoisotopic (exact) mass is 997 g/mol. The average Bonchev–Trinajstić information content (AvgIpc) is 3.41. The minimum absolute atomic E-state index is 0.124. The molecule has 0 spiro atoms. The van der Waals surface area contributed by atoms with Crippen molar-refractivity contribution < 1.29 is 38.1 Å². The highest BCUT2D eigenvalue weighted by Crippen LogP contribution is 2.29. The molecule has 10 nitrogen and oxygen atoms in total. The van der Waals surface area contributed by atoms with Crippen molar-refractivity contribution in [2.24, 2.45) is 0 Å². The van der Waals surface area contributed by atoms with E-state index < -0.39 is 5.97 Å². The van der Waals surface area contributed by atoms with Gasteiger partial charge in [-0.25, -0.2) is 19.6 Å². The van der Waals surface area contributed by atoms with Gasteiger partial charge in [-0.3, -0.25) is 4.79 Å². The molecule has 0 bridgehead atoms. The second kappa shape index (κ2) is 34.4. The van der Waals surface area contributed by atoms with E-state index in [1.807, 2.05) is 67.8 Å². The van der Waals surface area contributed by atoms with Gasteiger partial charge in [0, 0.05) is 24.4 Å². The second-order valence-electron chi connectivity index (χ2n) is 19.5. The van der Waals surface area contributed by atoms with E-state index in [9.17, 15) is 14.4 Å². The first-order valence-corrected chi connectivity index (χ1v) is 27.9. The van der Waals surface area contributed by atoms with Crippen molar-refractivity contribution in [2.75, 3.05) is 13.2 Å². The molecule has 0 N–H and O–H groups in total. The largest absolute Gasteiger partial charge is 0.494 e. The van der Waals surface area contributed by atoms with Crippen molar-refractivity contribution in [3.63, 3.8) is 0 Å². The maximum atomic E-state index is 13.7. The molecule has 4 aromatic carbocycles. The first-order chi connectivity index (χ1) is 35.8. The molecule has 0 unspecified atom stereocenters. The van der Waals surface area contributed by atoms with Crippen LogP contribution in [0.2, 0.25) is 0 Å². The molecular weight excluding hydrogens is 913 g/mol. The van der Waals surface area contributed by atoms with E-state index in [2.05, 4.69) is 30.7 Å². The van der Waals surface area contributed by atoms with Crippen molar-refractivity contribution in [3.8, 4) is 45.5 Å². The quantitative estimate of drug-likeness (QED) is 0.0216. The number of carbonyl (C=O) groups is 3. The molecule has 73 heavy (non-hydrogen) atoms. The van der Waals surface area contributed by atoms with Gasteiger partial charge in [0.05, 0.1) is 24.9 Å². The van der Waals surface area contributed by atoms with Gasteiger partial charge in [0.25, 0.3) is 0 Å². The van der Waals surface area contributed by atoms with Gasteiger partial charge in [-0.2, -0.15) is 0 Å². The molecule has 5 aromatic rings. The van der Waals surface area contributed by atoms with Crippen LogP contribution in [0.15, 0.2) is 103 Å². The Balaban J connectivity index is 1.01. The number of carbonyl (C=O) groups excluding carboxylic acids is 3. The number of nitrogens with zero attached hydrogens (tertiary/aromatic N) is 2. The van der Waals surface area contributed by atoms with Gasteiger partial charge in [-0.05, 0) is 135 Å². The third-order valence-corrected chi connectivity index (χ3v) is 13.1. The Morgan fingerprint density at radius 2 is 0.973 bits per heavy atom. The van der Waals surface area contributed by atoms with E-state index in [1.54, 1.807) is 42.5 Å². The van der Waals surface area contributed by atoms with Crippen LogP contribution in [0.25, 0.3) is 22.5 Å². The summed E-state index contributed by atoms with van der Waals surface area (Å²) >= 11 is 0. The van der Waals surface area contributed by atoms with Crippen LogP contribution in [0.3, 0.4) is 0 Å². The highest BCUT2D eigenvalue weighted by Gasteiger charge is 2.20. The first kappa shape index (κ1) is 57.9. The number of ether oxygens (including phenoxy) is 5.